The molecule has 0 radical (unpaired) electrons. The van der Waals surface area contributed by atoms with E-state index in [4.69, 9.17) is 9.47 Å². The highest BCUT2D eigenvalue weighted by Crippen LogP contribution is 2.40. The largest absolute Gasteiger partial charge is 0.507 e. The first-order chi connectivity index (χ1) is 12.3. The summed E-state index contributed by atoms with van der Waals surface area (Å²) in [6.45, 7) is 1.68. The maximum absolute atomic E-state index is 12.0. The van der Waals surface area contributed by atoms with Gasteiger partial charge in [0.2, 0.25) is 0 Å². The number of ether oxygens (including phenoxy) is 4. The van der Waals surface area contributed by atoms with E-state index in [1.807, 2.05) is 0 Å². The highest BCUT2D eigenvalue weighted by atomic mass is 16.5. The summed E-state index contributed by atoms with van der Waals surface area (Å²) in [5, 5.41) is 20.4. The molecule has 0 atom stereocenters. The molecule has 2 rings (SSSR count). The summed E-state index contributed by atoms with van der Waals surface area (Å²) in [5.74, 6) is -2.49. The van der Waals surface area contributed by atoms with Crippen molar-refractivity contribution >= 4 is 11.9 Å². The Kier molecular flexibility index (Phi) is 5.56. The van der Waals surface area contributed by atoms with Crippen LogP contribution < -0.4 is 9.47 Å². The first kappa shape index (κ1) is 18.9. The predicted octanol–water partition coefficient (Wildman–Crippen LogP) is 2.78. The molecule has 0 amide bonds. The summed E-state index contributed by atoms with van der Waals surface area (Å²) in [6.07, 6.45) is 0. The van der Waals surface area contributed by atoms with Gasteiger partial charge in [0, 0.05) is 6.07 Å². The number of methoxy groups -OCH3 is 3. The molecule has 0 unspecified atom stereocenters. The molecule has 0 heterocycles. The number of hydrogen-bond acceptors (Lipinski definition) is 8. The lowest BCUT2D eigenvalue weighted by Crippen LogP contribution is -2.06. The van der Waals surface area contributed by atoms with Gasteiger partial charge in [0.1, 0.15) is 28.4 Å². The SMILES string of the molecule is COC(=O)c1cc(OC)cc(Oc2cc(C)cc(O)c2C(=O)OC)c1O. The summed E-state index contributed by atoms with van der Waals surface area (Å²) < 4.78 is 20.0. The predicted molar refractivity (Wildman–Crippen MR) is 90.3 cm³/mol. The van der Waals surface area contributed by atoms with Crippen molar-refractivity contribution in [1.82, 2.24) is 0 Å². The second-order valence-corrected chi connectivity index (χ2v) is 5.26. The molecule has 0 aliphatic carbocycles. The number of aryl methyl sites for hydroxylation is 1. The Bertz CT molecular complexity index is 857. The maximum atomic E-state index is 12.0. The van der Waals surface area contributed by atoms with Crippen molar-refractivity contribution in [2.75, 3.05) is 21.3 Å². The zero-order valence-electron chi connectivity index (χ0n) is 14.7. The molecule has 0 fully saturated rings. The fourth-order valence-electron chi connectivity index (χ4n) is 2.28. The van der Waals surface area contributed by atoms with Crippen LogP contribution in [0.25, 0.3) is 0 Å². The molecule has 2 aromatic rings. The minimum atomic E-state index is -0.826. The molecule has 8 nitrogen and oxygen atoms in total. The van der Waals surface area contributed by atoms with Gasteiger partial charge in [-0.25, -0.2) is 9.59 Å². The molecule has 2 aromatic carbocycles. The highest BCUT2D eigenvalue weighted by Gasteiger charge is 2.23. The Balaban J connectivity index is 2.62. The molecule has 2 N–H and O–H groups in total. The Labute approximate surface area is 149 Å². The highest BCUT2D eigenvalue weighted by molar-refractivity contribution is 5.96. The molecule has 26 heavy (non-hydrogen) atoms. The Morgan fingerprint density at radius 1 is 0.885 bits per heavy atom. The zero-order valence-corrected chi connectivity index (χ0v) is 14.7. The van der Waals surface area contributed by atoms with E-state index in [2.05, 4.69) is 9.47 Å². The van der Waals surface area contributed by atoms with E-state index in [-0.39, 0.29) is 34.1 Å². The minimum absolute atomic E-state index is 0.0614. The van der Waals surface area contributed by atoms with Crippen molar-refractivity contribution in [1.29, 1.82) is 0 Å². The van der Waals surface area contributed by atoms with Crippen LogP contribution in [0.1, 0.15) is 26.3 Å². The lowest BCUT2D eigenvalue weighted by atomic mass is 10.1. The number of esters is 2. The van der Waals surface area contributed by atoms with Crippen LogP contribution in [0, 0.1) is 6.92 Å². The van der Waals surface area contributed by atoms with Crippen LogP contribution in [0.15, 0.2) is 24.3 Å². The molecule has 0 aliphatic heterocycles. The van der Waals surface area contributed by atoms with Gasteiger partial charge in [0.05, 0.1) is 21.3 Å². The smallest absolute Gasteiger partial charge is 0.345 e. The number of benzene rings is 2. The maximum Gasteiger partial charge on any atom is 0.345 e. The normalized spacial score (nSPS) is 10.2. The van der Waals surface area contributed by atoms with Crippen LogP contribution in [0.2, 0.25) is 0 Å². The number of phenolic OH excluding ortho intramolecular Hbond substituents is 2. The van der Waals surface area contributed by atoms with Crippen molar-refractivity contribution < 1.29 is 38.7 Å². The Morgan fingerprint density at radius 3 is 2.12 bits per heavy atom. The number of rotatable bonds is 5. The summed E-state index contributed by atoms with van der Waals surface area (Å²) >= 11 is 0. The van der Waals surface area contributed by atoms with Gasteiger partial charge >= 0.3 is 11.9 Å². The first-order valence-electron chi connectivity index (χ1n) is 7.41. The summed E-state index contributed by atoms with van der Waals surface area (Å²) in [5.41, 5.74) is 0.194. The third-order valence-corrected chi connectivity index (χ3v) is 3.52. The average Bonchev–Trinajstić information content (AvgIpc) is 2.61. The Hall–Kier alpha value is -3.42. The second kappa shape index (κ2) is 7.64. The van der Waals surface area contributed by atoms with Crippen molar-refractivity contribution in [3.05, 3.63) is 41.0 Å². The quantitative estimate of drug-likeness (QED) is 0.781. The Morgan fingerprint density at radius 2 is 1.54 bits per heavy atom. The molecule has 0 saturated heterocycles. The average molecular weight is 362 g/mol. The summed E-state index contributed by atoms with van der Waals surface area (Å²) in [7, 11) is 3.69. The van der Waals surface area contributed by atoms with E-state index < -0.39 is 17.7 Å². The molecule has 0 aliphatic rings. The van der Waals surface area contributed by atoms with Crippen LogP contribution in [0.5, 0.6) is 28.7 Å². The van der Waals surface area contributed by atoms with Gasteiger partial charge in [-0.05, 0) is 30.7 Å². The van der Waals surface area contributed by atoms with Gasteiger partial charge in [-0.1, -0.05) is 0 Å². The number of carbonyl (C=O) groups is 2. The first-order valence-corrected chi connectivity index (χ1v) is 7.41. The van der Waals surface area contributed by atoms with Gasteiger partial charge < -0.3 is 29.2 Å². The third-order valence-electron chi connectivity index (χ3n) is 3.52. The number of hydrogen-bond donors (Lipinski definition) is 2. The summed E-state index contributed by atoms with van der Waals surface area (Å²) in [4.78, 5) is 23.8. The van der Waals surface area contributed by atoms with Crippen molar-refractivity contribution in [3.8, 4) is 28.7 Å². The zero-order chi connectivity index (χ0) is 19.4. The van der Waals surface area contributed by atoms with Crippen molar-refractivity contribution in [2.45, 2.75) is 6.92 Å². The minimum Gasteiger partial charge on any atom is -0.507 e. The molecule has 0 saturated carbocycles. The van der Waals surface area contributed by atoms with Crippen LogP contribution in [0.3, 0.4) is 0 Å². The molecular formula is C18H18O8. The van der Waals surface area contributed by atoms with Crippen LogP contribution in [-0.4, -0.2) is 43.5 Å². The summed E-state index contributed by atoms with van der Waals surface area (Å²) in [6, 6.07) is 5.44. The van der Waals surface area contributed by atoms with E-state index in [0.717, 1.165) is 14.2 Å². The molecule has 0 aromatic heterocycles. The van der Waals surface area contributed by atoms with Gasteiger partial charge in [0.15, 0.2) is 11.5 Å². The number of carbonyl (C=O) groups excluding carboxylic acids is 2. The van der Waals surface area contributed by atoms with Crippen LogP contribution in [-0.2, 0) is 9.47 Å². The fourth-order valence-corrected chi connectivity index (χ4v) is 2.28. The standard InChI is InChI=1S/C18H18O8/c1-9-5-12(19)15(18(22)25-4)13(6-9)26-14-8-10(23-2)7-11(16(14)20)17(21)24-3/h5-8,19-20H,1-4H3. The van der Waals surface area contributed by atoms with Crippen LogP contribution >= 0.6 is 0 Å². The van der Waals surface area contributed by atoms with E-state index in [1.54, 1.807) is 6.92 Å². The van der Waals surface area contributed by atoms with E-state index >= 15 is 0 Å². The number of aromatic hydroxyl groups is 2. The van der Waals surface area contributed by atoms with Gasteiger partial charge in [-0.2, -0.15) is 0 Å². The topological polar surface area (TPSA) is 112 Å². The lowest BCUT2D eigenvalue weighted by Gasteiger charge is -2.15. The monoisotopic (exact) mass is 362 g/mol. The van der Waals surface area contributed by atoms with Crippen molar-refractivity contribution in [2.24, 2.45) is 0 Å². The van der Waals surface area contributed by atoms with E-state index in [1.165, 1.54) is 31.4 Å². The van der Waals surface area contributed by atoms with Gasteiger partial charge in [-0.3, -0.25) is 0 Å². The molecule has 8 heteroatoms. The molecule has 138 valence electrons. The van der Waals surface area contributed by atoms with E-state index in [9.17, 15) is 19.8 Å². The molecule has 0 bridgehead atoms. The second-order valence-electron chi connectivity index (χ2n) is 5.26. The molecule has 0 spiro atoms. The van der Waals surface area contributed by atoms with Gasteiger partial charge in [-0.15, -0.1) is 0 Å². The van der Waals surface area contributed by atoms with Gasteiger partial charge in [0.25, 0.3) is 0 Å². The number of phenols is 2. The van der Waals surface area contributed by atoms with Crippen molar-refractivity contribution in [3.63, 3.8) is 0 Å². The van der Waals surface area contributed by atoms with E-state index in [0.29, 0.717) is 5.56 Å². The molecular weight excluding hydrogens is 344 g/mol. The third kappa shape index (κ3) is 3.64. The fraction of sp³-hybridized carbons (Fsp3) is 0.222. The van der Waals surface area contributed by atoms with Crippen LogP contribution in [0.4, 0.5) is 0 Å². The lowest BCUT2D eigenvalue weighted by molar-refractivity contribution is 0.0584.